The van der Waals surface area contributed by atoms with Crippen LogP contribution in [0.4, 0.5) is 0 Å². The third kappa shape index (κ3) is 7.74. The number of ether oxygens (including phenoxy) is 1. The summed E-state index contributed by atoms with van der Waals surface area (Å²) in [4.78, 5) is 22.5. The summed E-state index contributed by atoms with van der Waals surface area (Å²) in [5.74, 6) is -0.584. The molecule has 0 unspecified atom stereocenters. The van der Waals surface area contributed by atoms with E-state index in [0.717, 1.165) is 0 Å². The Morgan fingerprint density at radius 3 is 2.18 bits per heavy atom. The molecule has 0 aliphatic carbocycles. The van der Waals surface area contributed by atoms with Gasteiger partial charge in [-0.1, -0.05) is 13.8 Å². The van der Waals surface area contributed by atoms with Crippen LogP contribution in [-0.4, -0.2) is 30.1 Å². The zero-order chi connectivity index (χ0) is 13.6. The molecule has 0 aromatic rings. The van der Waals surface area contributed by atoms with E-state index in [1.165, 1.54) is 0 Å². The minimum Gasteiger partial charge on any atom is -0.459 e. The summed E-state index contributed by atoms with van der Waals surface area (Å²) in [6.45, 7) is 9.71. The molecule has 1 amide bonds. The predicted molar refractivity (Wildman–Crippen MR) is 66.3 cm³/mol. The number of esters is 1. The number of nitrogens with two attached hydrogens (primary N) is 1. The second kappa shape index (κ2) is 6.59. The van der Waals surface area contributed by atoms with Crippen LogP contribution in [0.5, 0.6) is 0 Å². The minimum absolute atomic E-state index is 0.0951. The molecule has 0 aromatic carbocycles. The van der Waals surface area contributed by atoms with E-state index in [0.29, 0.717) is 6.54 Å². The van der Waals surface area contributed by atoms with Crippen LogP contribution in [0.15, 0.2) is 0 Å². The maximum atomic E-state index is 11.9. The predicted octanol–water partition coefficient (Wildman–Crippen LogP) is 0.818. The van der Waals surface area contributed by atoms with E-state index in [2.05, 4.69) is 5.32 Å². The van der Waals surface area contributed by atoms with Gasteiger partial charge in [0, 0.05) is 13.0 Å². The van der Waals surface area contributed by atoms with Gasteiger partial charge in [-0.05, 0) is 26.7 Å². The van der Waals surface area contributed by atoms with Crippen molar-refractivity contribution in [2.45, 2.75) is 52.7 Å². The van der Waals surface area contributed by atoms with Crippen molar-refractivity contribution in [2.75, 3.05) is 6.54 Å². The molecule has 0 aromatic heterocycles. The largest absolute Gasteiger partial charge is 0.459 e. The molecule has 0 spiro atoms. The van der Waals surface area contributed by atoms with E-state index in [1.54, 1.807) is 0 Å². The van der Waals surface area contributed by atoms with Crippen molar-refractivity contribution in [1.29, 1.82) is 0 Å². The molecule has 0 saturated carbocycles. The van der Waals surface area contributed by atoms with Crippen LogP contribution >= 0.6 is 0 Å². The highest BCUT2D eigenvalue weighted by Crippen LogP contribution is 2.12. The number of carbonyl (C=O) groups is 2. The molecule has 5 nitrogen and oxygen atoms in total. The van der Waals surface area contributed by atoms with Gasteiger partial charge in [0.25, 0.3) is 0 Å². The van der Waals surface area contributed by atoms with Crippen molar-refractivity contribution in [3.8, 4) is 0 Å². The number of primary amides is 1. The fourth-order valence-corrected chi connectivity index (χ4v) is 1.31. The monoisotopic (exact) mass is 244 g/mol. The number of hydrogen-bond acceptors (Lipinski definition) is 4. The average Bonchev–Trinajstić information content (AvgIpc) is 2.07. The Bertz CT molecular complexity index is 269. The maximum Gasteiger partial charge on any atom is 0.323 e. The van der Waals surface area contributed by atoms with Gasteiger partial charge in [0.05, 0.1) is 0 Å². The van der Waals surface area contributed by atoms with Gasteiger partial charge in [-0.25, -0.2) is 0 Å². The minimum atomic E-state index is -0.504. The molecule has 0 fully saturated rings. The molecule has 0 radical (unpaired) electrons. The number of hydrogen-bond donors (Lipinski definition) is 2. The van der Waals surface area contributed by atoms with E-state index in [9.17, 15) is 9.59 Å². The van der Waals surface area contributed by atoms with E-state index in [1.807, 2.05) is 34.6 Å². The van der Waals surface area contributed by atoms with Gasteiger partial charge in [-0.3, -0.25) is 9.59 Å². The first-order chi connectivity index (χ1) is 7.63. The highest BCUT2D eigenvalue weighted by Gasteiger charge is 2.27. The van der Waals surface area contributed by atoms with Crippen LogP contribution in [0.2, 0.25) is 0 Å². The number of nitrogens with one attached hydrogen (secondary N) is 1. The third-order valence-electron chi connectivity index (χ3n) is 2.06. The lowest BCUT2D eigenvalue weighted by Gasteiger charge is -2.26. The quantitative estimate of drug-likeness (QED) is 0.678. The van der Waals surface area contributed by atoms with Crippen molar-refractivity contribution in [2.24, 2.45) is 11.7 Å². The summed E-state index contributed by atoms with van der Waals surface area (Å²) < 4.78 is 5.30. The van der Waals surface area contributed by atoms with Gasteiger partial charge in [0.2, 0.25) is 5.91 Å². The van der Waals surface area contributed by atoms with Gasteiger partial charge in [0.15, 0.2) is 0 Å². The first kappa shape index (κ1) is 15.9. The Labute approximate surface area is 103 Å². The van der Waals surface area contributed by atoms with Crippen molar-refractivity contribution in [3.05, 3.63) is 0 Å². The first-order valence-corrected chi connectivity index (χ1v) is 5.88. The molecular formula is C12H24N2O3. The lowest BCUT2D eigenvalue weighted by Crippen LogP contribution is -2.45. The molecule has 100 valence electrons. The fourth-order valence-electron chi connectivity index (χ4n) is 1.31. The van der Waals surface area contributed by atoms with E-state index in [4.69, 9.17) is 10.5 Å². The number of carbonyl (C=O) groups excluding carboxylic acids is 2. The summed E-state index contributed by atoms with van der Waals surface area (Å²) in [5.41, 5.74) is 4.53. The molecule has 0 saturated heterocycles. The standard InChI is InChI=1S/C12H24N2O3/c1-8(2)10(14-7-6-9(13)15)11(16)17-12(3,4)5/h8,10,14H,6-7H2,1-5H3,(H2,13,15)/t10-/m1/s1. The zero-order valence-corrected chi connectivity index (χ0v) is 11.4. The molecule has 3 N–H and O–H groups in total. The Hall–Kier alpha value is -1.10. The molecule has 0 heterocycles. The Balaban J connectivity index is 4.32. The molecule has 0 bridgehead atoms. The SMILES string of the molecule is CC(C)[C@@H](NCCC(N)=O)C(=O)OC(C)(C)C. The van der Waals surface area contributed by atoms with Crippen LogP contribution in [0.1, 0.15) is 41.0 Å². The van der Waals surface area contributed by atoms with Gasteiger partial charge in [-0.2, -0.15) is 0 Å². The molecule has 5 heteroatoms. The lowest BCUT2D eigenvalue weighted by atomic mass is 10.0. The third-order valence-corrected chi connectivity index (χ3v) is 2.06. The van der Waals surface area contributed by atoms with E-state index in [-0.39, 0.29) is 24.2 Å². The van der Waals surface area contributed by atoms with Crippen LogP contribution in [0.3, 0.4) is 0 Å². The van der Waals surface area contributed by atoms with Crippen LogP contribution in [-0.2, 0) is 14.3 Å². The second-order valence-electron chi connectivity index (χ2n) is 5.43. The molecular weight excluding hydrogens is 220 g/mol. The molecule has 17 heavy (non-hydrogen) atoms. The van der Waals surface area contributed by atoms with Crippen molar-refractivity contribution in [1.82, 2.24) is 5.32 Å². The highest BCUT2D eigenvalue weighted by atomic mass is 16.6. The Morgan fingerprint density at radius 2 is 1.82 bits per heavy atom. The normalized spacial score (nSPS) is 13.5. The van der Waals surface area contributed by atoms with E-state index < -0.39 is 11.6 Å². The summed E-state index contributed by atoms with van der Waals surface area (Å²) in [6, 6.07) is -0.409. The summed E-state index contributed by atoms with van der Waals surface area (Å²) in [6.07, 6.45) is 0.214. The zero-order valence-electron chi connectivity index (χ0n) is 11.4. The molecule has 0 aliphatic rings. The fraction of sp³-hybridized carbons (Fsp3) is 0.833. The summed E-state index contributed by atoms with van der Waals surface area (Å²) >= 11 is 0. The maximum absolute atomic E-state index is 11.9. The average molecular weight is 244 g/mol. The number of rotatable bonds is 6. The van der Waals surface area contributed by atoms with Crippen molar-refractivity contribution >= 4 is 11.9 Å². The van der Waals surface area contributed by atoms with E-state index >= 15 is 0 Å². The van der Waals surface area contributed by atoms with Gasteiger partial charge >= 0.3 is 5.97 Å². The molecule has 1 atom stereocenters. The smallest absolute Gasteiger partial charge is 0.323 e. The van der Waals surface area contributed by atoms with Crippen LogP contribution < -0.4 is 11.1 Å². The highest BCUT2D eigenvalue weighted by molar-refractivity contribution is 5.77. The Kier molecular flexibility index (Phi) is 6.16. The number of amides is 1. The van der Waals surface area contributed by atoms with Gasteiger partial charge in [0.1, 0.15) is 11.6 Å². The van der Waals surface area contributed by atoms with Crippen molar-refractivity contribution < 1.29 is 14.3 Å². The molecule has 0 rings (SSSR count). The van der Waals surface area contributed by atoms with Crippen molar-refractivity contribution in [3.63, 3.8) is 0 Å². The summed E-state index contributed by atoms with van der Waals surface area (Å²) in [7, 11) is 0. The summed E-state index contributed by atoms with van der Waals surface area (Å²) in [5, 5.41) is 3.00. The molecule has 0 aliphatic heterocycles. The van der Waals surface area contributed by atoms with Crippen LogP contribution in [0, 0.1) is 5.92 Å². The lowest BCUT2D eigenvalue weighted by molar-refractivity contribution is -0.158. The second-order valence-corrected chi connectivity index (χ2v) is 5.43. The topological polar surface area (TPSA) is 81.4 Å². The first-order valence-electron chi connectivity index (χ1n) is 5.88. The van der Waals surface area contributed by atoms with Gasteiger partial charge < -0.3 is 15.8 Å². The van der Waals surface area contributed by atoms with Gasteiger partial charge in [-0.15, -0.1) is 0 Å². The Morgan fingerprint density at radius 1 is 1.29 bits per heavy atom. The van der Waals surface area contributed by atoms with Crippen LogP contribution in [0.25, 0.3) is 0 Å².